The second-order valence-electron chi connectivity index (χ2n) is 8.09. The van der Waals surface area contributed by atoms with E-state index in [0.29, 0.717) is 18.4 Å². The second-order valence-corrected chi connectivity index (χ2v) is 8.09. The molecule has 1 atom stereocenters. The first-order valence-corrected chi connectivity index (χ1v) is 10.2. The highest BCUT2D eigenvalue weighted by atomic mass is 16.5. The Morgan fingerprint density at radius 1 is 1.20 bits per heavy atom. The molecule has 0 spiro atoms. The zero-order valence-electron chi connectivity index (χ0n) is 17.3. The van der Waals surface area contributed by atoms with Crippen molar-refractivity contribution in [2.45, 2.75) is 39.2 Å². The van der Waals surface area contributed by atoms with Gasteiger partial charge in [0.15, 0.2) is 0 Å². The van der Waals surface area contributed by atoms with Gasteiger partial charge in [-0.1, -0.05) is 31.2 Å². The van der Waals surface area contributed by atoms with Crippen LogP contribution in [0.5, 0.6) is 5.75 Å². The number of nitrogens with zero attached hydrogens (tertiary/aromatic N) is 5. The van der Waals surface area contributed by atoms with Crippen molar-refractivity contribution in [2.75, 3.05) is 6.61 Å². The molecule has 0 fully saturated rings. The van der Waals surface area contributed by atoms with Crippen LogP contribution in [-0.4, -0.2) is 36.6 Å². The number of ether oxygens (including phenoxy) is 1. The third-order valence-electron chi connectivity index (χ3n) is 5.65. The summed E-state index contributed by atoms with van der Waals surface area (Å²) in [6.45, 7) is 7.94. The Labute approximate surface area is 175 Å². The summed E-state index contributed by atoms with van der Waals surface area (Å²) in [5, 5.41) is 10.9. The zero-order valence-corrected chi connectivity index (χ0v) is 17.3. The van der Waals surface area contributed by atoms with Crippen molar-refractivity contribution in [3.63, 3.8) is 0 Å². The van der Waals surface area contributed by atoms with E-state index in [1.165, 1.54) is 11.1 Å². The van der Waals surface area contributed by atoms with Gasteiger partial charge in [-0.05, 0) is 36.6 Å². The Hall–Kier alpha value is -3.48. The minimum atomic E-state index is 0.317. The molecule has 0 bridgehead atoms. The van der Waals surface area contributed by atoms with Crippen molar-refractivity contribution in [3.8, 4) is 28.4 Å². The smallest absolute Gasteiger partial charge is 0.123 e. The van der Waals surface area contributed by atoms with Crippen molar-refractivity contribution in [1.82, 2.24) is 29.9 Å². The molecule has 1 aliphatic rings. The molecule has 152 valence electrons. The van der Waals surface area contributed by atoms with Crippen LogP contribution in [0.4, 0.5) is 0 Å². The fraction of sp³-hybridized carbons (Fsp3) is 0.304. The van der Waals surface area contributed by atoms with Crippen LogP contribution in [0.15, 0.2) is 49.1 Å². The first-order valence-electron chi connectivity index (χ1n) is 10.2. The summed E-state index contributed by atoms with van der Waals surface area (Å²) in [7, 11) is 0. The SMILES string of the molecule is Cc1[nH]nnc1-c1ccnc(-c2cn(C[C@@H]3COc4cccc(C(C)C)c43)cn2)c1. The van der Waals surface area contributed by atoms with Crippen molar-refractivity contribution in [1.29, 1.82) is 0 Å². The van der Waals surface area contributed by atoms with Gasteiger partial charge in [0.1, 0.15) is 17.1 Å². The molecule has 7 nitrogen and oxygen atoms in total. The molecular formula is C23H24N6O. The van der Waals surface area contributed by atoms with Crippen LogP contribution < -0.4 is 4.74 Å². The van der Waals surface area contributed by atoms with Crippen molar-refractivity contribution in [3.05, 3.63) is 65.9 Å². The lowest BCUT2D eigenvalue weighted by atomic mass is 9.90. The number of imidazole rings is 1. The minimum absolute atomic E-state index is 0.317. The predicted molar refractivity (Wildman–Crippen MR) is 114 cm³/mol. The molecule has 0 radical (unpaired) electrons. The molecular weight excluding hydrogens is 376 g/mol. The van der Waals surface area contributed by atoms with Gasteiger partial charge < -0.3 is 9.30 Å². The van der Waals surface area contributed by atoms with E-state index in [0.717, 1.165) is 40.6 Å². The number of fused-ring (bicyclic) bond motifs is 1. The second kappa shape index (κ2) is 7.40. The van der Waals surface area contributed by atoms with Crippen LogP contribution in [0.2, 0.25) is 0 Å². The Morgan fingerprint density at radius 3 is 2.90 bits per heavy atom. The summed E-state index contributed by atoms with van der Waals surface area (Å²) < 4.78 is 8.10. The Balaban J connectivity index is 1.40. The molecule has 0 amide bonds. The number of nitrogens with one attached hydrogen (secondary N) is 1. The van der Waals surface area contributed by atoms with Crippen LogP contribution in [0, 0.1) is 6.92 Å². The number of aromatic amines is 1. The van der Waals surface area contributed by atoms with Gasteiger partial charge in [-0.15, -0.1) is 5.10 Å². The molecule has 0 saturated carbocycles. The third-order valence-corrected chi connectivity index (χ3v) is 5.65. The van der Waals surface area contributed by atoms with Gasteiger partial charge in [0.25, 0.3) is 0 Å². The lowest BCUT2D eigenvalue weighted by molar-refractivity contribution is 0.319. The van der Waals surface area contributed by atoms with Gasteiger partial charge in [-0.25, -0.2) is 4.98 Å². The fourth-order valence-electron chi connectivity index (χ4n) is 4.16. The number of aryl methyl sites for hydroxylation is 1. The van der Waals surface area contributed by atoms with E-state index >= 15 is 0 Å². The van der Waals surface area contributed by atoms with Crippen molar-refractivity contribution in [2.24, 2.45) is 0 Å². The zero-order chi connectivity index (χ0) is 20.7. The molecule has 0 unspecified atom stereocenters. The van der Waals surface area contributed by atoms with E-state index < -0.39 is 0 Å². The molecule has 30 heavy (non-hydrogen) atoms. The van der Waals surface area contributed by atoms with Crippen LogP contribution >= 0.6 is 0 Å². The van der Waals surface area contributed by atoms with Gasteiger partial charge in [0.2, 0.25) is 0 Å². The van der Waals surface area contributed by atoms with E-state index in [4.69, 9.17) is 4.74 Å². The maximum absolute atomic E-state index is 5.97. The molecule has 1 N–H and O–H groups in total. The van der Waals surface area contributed by atoms with Crippen LogP contribution in [0.1, 0.15) is 42.5 Å². The first kappa shape index (κ1) is 18.5. The average molecular weight is 400 g/mol. The van der Waals surface area contributed by atoms with E-state index in [2.05, 4.69) is 68.2 Å². The summed E-state index contributed by atoms with van der Waals surface area (Å²) >= 11 is 0. The standard InChI is InChI=1S/C23H24N6O/c1-14(2)18-5-4-6-21-22(18)17(12-30-21)10-29-11-20(25-13-29)19-9-16(7-8-24-19)23-15(3)26-28-27-23/h4-9,11,13-14,17H,10,12H2,1-3H3,(H,26,27,28)/t17-/m1/s1. The number of hydrogen-bond acceptors (Lipinski definition) is 5. The largest absolute Gasteiger partial charge is 0.493 e. The maximum Gasteiger partial charge on any atom is 0.123 e. The highest BCUT2D eigenvalue weighted by molar-refractivity contribution is 5.67. The van der Waals surface area contributed by atoms with Gasteiger partial charge in [0.05, 0.1) is 24.3 Å². The highest BCUT2D eigenvalue weighted by Gasteiger charge is 2.28. The molecule has 7 heteroatoms. The fourth-order valence-corrected chi connectivity index (χ4v) is 4.16. The molecule has 1 aliphatic heterocycles. The number of aromatic nitrogens is 6. The van der Waals surface area contributed by atoms with Crippen molar-refractivity contribution < 1.29 is 4.74 Å². The number of benzene rings is 1. The van der Waals surface area contributed by atoms with Gasteiger partial charge in [-0.3, -0.25) is 10.1 Å². The molecule has 5 rings (SSSR count). The first-order chi connectivity index (χ1) is 14.6. The maximum atomic E-state index is 5.97. The monoisotopic (exact) mass is 400 g/mol. The van der Waals surface area contributed by atoms with E-state index in [-0.39, 0.29) is 0 Å². The van der Waals surface area contributed by atoms with E-state index in [1.54, 1.807) is 6.20 Å². The van der Waals surface area contributed by atoms with Gasteiger partial charge in [0, 0.05) is 36.0 Å². The van der Waals surface area contributed by atoms with E-state index in [1.807, 2.05) is 25.4 Å². The summed E-state index contributed by atoms with van der Waals surface area (Å²) in [5.41, 5.74) is 7.10. The Morgan fingerprint density at radius 2 is 2.10 bits per heavy atom. The Kier molecular flexibility index (Phi) is 4.58. The lowest BCUT2D eigenvalue weighted by Crippen LogP contribution is -2.11. The molecule has 0 aliphatic carbocycles. The molecule has 0 saturated heterocycles. The van der Waals surface area contributed by atoms with Crippen LogP contribution in [-0.2, 0) is 6.54 Å². The molecule has 4 heterocycles. The molecule has 1 aromatic carbocycles. The van der Waals surface area contributed by atoms with E-state index in [9.17, 15) is 0 Å². The quantitative estimate of drug-likeness (QED) is 0.539. The van der Waals surface area contributed by atoms with Crippen LogP contribution in [0.25, 0.3) is 22.6 Å². The average Bonchev–Trinajstić information content (AvgIpc) is 3.48. The summed E-state index contributed by atoms with van der Waals surface area (Å²) in [5.74, 6) is 1.80. The number of H-pyrrole nitrogens is 1. The predicted octanol–water partition coefficient (Wildman–Crippen LogP) is 4.34. The van der Waals surface area contributed by atoms with Gasteiger partial charge >= 0.3 is 0 Å². The third kappa shape index (κ3) is 3.26. The topological polar surface area (TPSA) is 81.5 Å². The molecule has 4 aromatic rings. The summed E-state index contributed by atoms with van der Waals surface area (Å²) in [6, 6.07) is 10.3. The number of rotatable bonds is 5. The van der Waals surface area contributed by atoms with Crippen LogP contribution in [0.3, 0.4) is 0 Å². The number of pyridine rings is 1. The number of hydrogen-bond donors (Lipinski definition) is 1. The normalized spacial score (nSPS) is 15.4. The highest BCUT2D eigenvalue weighted by Crippen LogP contribution is 2.40. The lowest BCUT2D eigenvalue weighted by Gasteiger charge is -2.16. The summed E-state index contributed by atoms with van der Waals surface area (Å²) in [4.78, 5) is 9.11. The molecule has 3 aromatic heterocycles. The summed E-state index contributed by atoms with van der Waals surface area (Å²) in [6.07, 6.45) is 5.71. The van der Waals surface area contributed by atoms with Crippen molar-refractivity contribution >= 4 is 0 Å². The minimum Gasteiger partial charge on any atom is -0.493 e. The Bertz CT molecular complexity index is 1190. The van der Waals surface area contributed by atoms with Gasteiger partial charge in [-0.2, -0.15) is 0 Å².